The summed E-state index contributed by atoms with van der Waals surface area (Å²) in [6.07, 6.45) is 0. The number of halogens is 3. The van der Waals surface area contributed by atoms with Gasteiger partial charge in [-0.05, 0) is 29.8 Å². The molecule has 144 valence electrons. The number of amides is 2. The second kappa shape index (κ2) is 8.92. The number of hydrogen-bond donors (Lipinski definition) is 1. The minimum Gasteiger partial charge on any atom is -0.335 e. The van der Waals surface area contributed by atoms with Crippen molar-refractivity contribution in [3.05, 3.63) is 70.8 Å². The Morgan fingerprint density at radius 3 is 1.81 bits per heavy atom. The average molecular weight is 396 g/mol. The first-order valence-electron chi connectivity index (χ1n) is 8.33. The fourth-order valence-electron chi connectivity index (χ4n) is 2.94. The maximum absolute atomic E-state index is 13.8. The number of piperazine rings is 1. The minimum absolute atomic E-state index is 0. The quantitative estimate of drug-likeness (QED) is 0.868. The van der Waals surface area contributed by atoms with Gasteiger partial charge >= 0.3 is 0 Å². The number of hydrogen-bond acceptors (Lipinski definition) is 3. The predicted molar refractivity (Wildman–Crippen MR) is 99.7 cm³/mol. The van der Waals surface area contributed by atoms with Crippen LogP contribution in [0.3, 0.4) is 0 Å². The van der Waals surface area contributed by atoms with Crippen LogP contribution < -0.4 is 5.73 Å². The van der Waals surface area contributed by atoms with Crippen molar-refractivity contribution in [2.24, 2.45) is 5.73 Å². The van der Waals surface area contributed by atoms with Gasteiger partial charge in [0.05, 0.1) is 0 Å². The minimum atomic E-state index is -0.881. The summed E-state index contributed by atoms with van der Waals surface area (Å²) in [5.74, 6) is -2.60. The van der Waals surface area contributed by atoms with Gasteiger partial charge in [0.1, 0.15) is 17.2 Å². The van der Waals surface area contributed by atoms with E-state index in [1.807, 2.05) is 0 Å². The van der Waals surface area contributed by atoms with Crippen LogP contribution in [-0.4, -0.2) is 47.8 Å². The van der Waals surface area contributed by atoms with E-state index in [-0.39, 0.29) is 31.4 Å². The Labute approximate surface area is 162 Å². The summed E-state index contributed by atoms with van der Waals surface area (Å²) in [6.45, 7) is 1.46. The Morgan fingerprint density at radius 1 is 0.852 bits per heavy atom. The van der Waals surface area contributed by atoms with Gasteiger partial charge < -0.3 is 15.5 Å². The molecular formula is C19H20ClF2N3O2. The monoisotopic (exact) mass is 395 g/mol. The number of nitrogens with zero attached hydrogens (tertiary/aromatic N) is 2. The van der Waals surface area contributed by atoms with E-state index in [4.69, 9.17) is 5.73 Å². The zero-order chi connectivity index (χ0) is 18.7. The summed E-state index contributed by atoms with van der Waals surface area (Å²) in [5, 5.41) is 0. The summed E-state index contributed by atoms with van der Waals surface area (Å²) in [6, 6.07) is 10.4. The number of rotatable bonds is 3. The largest absolute Gasteiger partial charge is 0.335 e. The van der Waals surface area contributed by atoms with Crippen molar-refractivity contribution in [3.63, 3.8) is 0 Å². The Balaban J connectivity index is 0.00000261. The zero-order valence-corrected chi connectivity index (χ0v) is 15.3. The van der Waals surface area contributed by atoms with E-state index in [1.54, 1.807) is 29.2 Å². The molecule has 5 nitrogen and oxygen atoms in total. The molecule has 1 fully saturated rings. The smallest absolute Gasteiger partial charge is 0.259 e. The van der Waals surface area contributed by atoms with Gasteiger partial charge in [-0.1, -0.05) is 18.2 Å². The molecule has 0 unspecified atom stereocenters. The topological polar surface area (TPSA) is 66.6 Å². The second-order valence-electron chi connectivity index (χ2n) is 6.08. The number of benzene rings is 2. The van der Waals surface area contributed by atoms with Crippen LogP contribution in [-0.2, 0) is 6.54 Å². The second-order valence-corrected chi connectivity index (χ2v) is 6.08. The lowest BCUT2D eigenvalue weighted by molar-refractivity contribution is 0.0530. The summed E-state index contributed by atoms with van der Waals surface area (Å²) in [5.41, 5.74) is 6.47. The molecular weight excluding hydrogens is 376 g/mol. The summed E-state index contributed by atoms with van der Waals surface area (Å²) < 4.78 is 27.6. The fourth-order valence-corrected chi connectivity index (χ4v) is 2.94. The van der Waals surface area contributed by atoms with Gasteiger partial charge in [-0.25, -0.2) is 8.78 Å². The SMILES string of the molecule is Cl.NCc1ccc(C(=O)N2CCN(C(=O)c3c(F)cccc3F)CC2)cc1. The van der Waals surface area contributed by atoms with Gasteiger partial charge in [0.15, 0.2) is 0 Å². The molecule has 27 heavy (non-hydrogen) atoms. The van der Waals surface area contributed by atoms with E-state index in [1.165, 1.54) is 11.0 Å². The van der Waals surface area contributed by atoms with Crippen molar-refractivity contribution in [1.29, 1.82) is 0 Å². The van der Waals surface area contributed by atoms with E-state index in [2.05, 4.69) is 0 Å². The number of carbonyl (C=O) groups excluding carboxylic acids is 2. The molecule has 2 aromatic carbocycles. The van der Waals surface area contributed by atoms with Gasteiger partial charge in [0, 0.05) is 38.3 Å². The summed E-state index contributed by atoms with van der Waals surface area (Å²) >= 11 is 0. The molecule has 0 atom stereocenters. The highest BCUT2D eigenvalue weighted by Crippen LogP contribution is 2.17. The first kappa shape index (κ1) is 20.8. The molecule has 0 aromatic heterocycles. The summed E-state index contributed by atoms with van der Waals surface area (Å²) in [7, 11) is 0. The average Bonchev–Trinajstić information content (AvgIpc) is 2.67. The van der Waals surface area contributed by atoms with E-state index < -0.39 is 23.1 Å². The third-order valence-corrected chi connectivity index (χ3v) is 4.47. The fraction of sp³-hybridized carbons (Fsp3) is 0.263. The molecule has 0 bridgehead atoms. The molecule has 0 saturated carbocycles. The van der Waals surface area contributed by atoms with Crippen molar-refractivity contribution >= 4 is 24.2 Å². The standard InChI is InChI=1S/C19H19F2N3O2.ClH/c20-15-2-1-3-16(21)17(15)19(26)24-10-8-23(9-11-24)18(25)14-6-4-13(12-22)5-7-14;/h1-7H,8-12,22H2;1H. The Kier molecular flexibility index (Phi) is 6.87. The van der Waals surface area contributed by atoms with Crippen molar-refractivity contribution in [1.82, 2.24) is 9.80 Å². The molecule has 8 heteroatoms. The highest BCUT2D eigenvalue weighted by atomic mass is 35.5. The highest BCUT2D eigenvalue weighted by Gasteiger charge is 2.28. The van der Waals surface area contributed by atoms with Crippen LogP contribution >= 0.6 is 12.4 Å². The van der Waals surface area contributed by atoms with Crippen molar-refractivity contribution in [3.8, 4) is 0 Å². The maximum Gasteiger partial charge on any atom is 0.259 e. The molecule has 2 aromatic rings. The summed E-state index contributed by atoms with van der Waals surface area (Å²) in [4.78, 5) is 27.9. The van der Waals surface area contributed by atoms with E-state index in [0.717, 1.165) is 17.7 Å². The van der Waals surface area contributed by atoms with Gasteiger partial charge in [-0.15, -0.1) is 12.4 Å². The Bertz CT molecular complexity index is 802. The van der Waals surface area contributed by atoms with E-state index in [0.29, 0.717) is 25.2 Å². The van der Waals surface area contributed by atoms with E-state index >= 15 is 0 Å². The van der Waals surface area contributed by atoms with Crippen molar-refractivity contribution < 1.29 is 18.4 Å². The molecule has 0 spiro atoms. The van der Waals surface area contributed by atoms with Gasteiger partial charge in [0.25, 0.3) is 11.8 Å². The van der Waals surface area contributed by atoms with Crippen molar-refractivity contribution in [2.75, 3.05) is 26.2 Å². The maximum atomic E-state index is 13.8. The van der Waals surface area contributed by atoms with Crippen LogP contribution in [0.4, 0.5) is 8.78 Å². The molecule has 1 saturated heterocycles. The van der Waals surface area contributed by atoms with Gasteiger partial charge in [-0.3, -0.25) is 9.59 Å². The van der Waals surface area contributed by atoms with Crippen LogP contribution in [0, 0.1) is 11.6 Å². The normalized spacial score (nSPS) is 13.9. The number of nitrogens with two attached hydrogens (primary N) is 1. The highest BCUT2D eigenvalue weighted by molar-refractivity contribution is 5.96. The molecule has 1 aliphatic rings. The lowest BCUT2D eigenvalue weighted by atomic mass is 10.1. The van der Waals surface area contributed by atoms with Gasteiger partial charge in [-0.2, -0.15) is 0 Å². The predicted octanol–water partition coefficient (Wildman–Crippen LogP) is 2.44. The molecule has 2 N–H and O–H groups in total. The van der Waals surface area contributed by atoms with Crippen LogP contribution in [0.1, 0.15) is 26.3 Å². The lowest BCUT2D eigenvalue weighted by Crippen LogP contribution is -2.50. The molecule has 0 aliphatic carbocycles. The lowest BCUT2D eigenvalue weighted by Gasteiger charge is -2.35. The van der Waals surface area contributed by atoms with Crippen molar-refractivity contribution in [2.45, 2.75) is 6.54 Å². The molecule has 3 rings (SSSR count). The van der Waals surface area contributed by atoms with Crippen LogP contribution in [0.15, 0.2) is 42.5 Å². The Hall–Kier alpha value is -2.51. The van der Waals surface area contributed by atoms with Crippen LogP contribution in [0.25, 0.3) is 0 Å². The third kappa shape index (κ3) is 4.43. The molecule has 2 amide bonds. The van der Waals surface area contributed by atoms with E-state index in [9.17, 15) is 18.4 Å². The van der Waals surface area contributed by atoms with Gasteiger partial charge in [0.2, 0.25) is 0 Å². The third-order valence-electron chi connectivity index (χ3n) is 4.47. The molecule has 1 heterocycles. The number of carbonyl (C=O) groups is 2. The van der Waals surface area contributed by atoms with Crippen LogP contribution in [0.2, 0.25) is 0 Å². The van der Waals surface area contributed by atoms with Crippen LogP contribution in [0.5, 0.6) is 0 Å². The zero-order valence-electron chi connectivity index (χ0n) is 14.5. The Morgan fingerprint density at radius 2 is 1.33 bits per heavy atom. The molecule has 1 aliphatic heterocycles. The molecule has 0 radical (unpaired) electrons. The first-order chi connectivity index (χ1) is 12.5. The first-order valence-corrected chi connectivity index (χ1v) is 8.33.